The van der Waals surface area contributed by atoms with Gasteiger partial charge in [0.05, 0.1) is 7.11 Å². The minimum Gasteiger partial charge on any atom is -0.493 e. The van der Waals surface area contributed by atoms with Crippen LogP contribution in [0.5, 0.6) is 17.2 Å². The molecule has 0 aliphatic rings. The van der Waals surface area contributed by atoms with Crippen molar-refractivity contribution in [2.45, 2.75) is 33.1 Å². The summed E-state index contributed by atoms with van der Waals surface area (Å²) in [5.41, 5.74) is 3.54. The molecule has 0 radical (unpaired) electrons. The van der Waals surface area contributed by atoms with Gasteiger partial charge in [-0.15, -0.1) is 6.58 Å². The number of benzene rings is 2. The van der Waals surface area contributed by atoms with Crippen LogP contribution < -0.4 is 9.47 Å². The van der Waals surface area contributed by atoms with Crippen LogP contribution in [0.4, 0.5) is 0 Å². The van der Waals surface area contributed by atoms with Crippen molar-refractivity contribution in [3.8, 4) is 17.2 Å². The highest BCUT2D eigenvalue weighted by atomic mass is 16.5. The van der Waals surface area contributed by atoms with E-state index in [0.29, 0.717) is 5.92 Å². The van der Waals surface area contributed by atoms with Gasteiger partial charge in [0.25, 0.3) is 0 Å². The van der Waals surface area contributed by atoms with Gasteiger partial charge in [-0.3, -0.25) is 0 Å². The maximum atomic E-state index is 6.16. The molecule has 2 nitrogen and oxygen atoms in total. The fourth-order valence-electron chi connectivity index (χ4n) is 2.42. The summed E-state index contributed by atoms with van der Waals surface area (Å²) in [4.78, 5) is 0. The van der Waals surface area contributed by atoms with Gasteiger partial charge in [0.15, 0.2) is 11.5 Å². The quantitative estimate of drug-likeness (QED) is 0.641. The van der Waals surface area contributed by atoms with E-state index < -0.39 is 0 Å². The lowest BCUT2D eigenvalue weighted by atomic mass is 10.0. The first-order valence-corrected chi connectivity index (χ1v) is 7.61. The molecule has 0 aliphatic carbocycles. The number of ether oxygens (including phenoxy) is 2. The van der Waals surface area contributed by atoms with Crippen molar-refractivity contribution in [2.75, 3.05) is 7.11 Å². The molecule has 0 spiro atoms. The van der Waals surface area contributed by atoms with Crippen molar-refractivity contribution in [1.29, 1.82) is 0 Å². The summed E-state index contributed by atoms with van der Waals surface area (Å²) in [6.45, 7) is 10.2. The van der Waals surface area contributed by atoms with Crippen LogP contribution in [0.15, 0.2) is 49.1 Å². The summed E-state index contributed by atoms with van der Waals surface area (Å²) in [5.74, 6) is 2.78. The third-order valence-corrected chi connectivity index (χ3v) is 3.62. The van der Waals surface area contributed by atoms with Crippen molar-refractivity contribution < 1.29 is 9.47 Å². The Bertz CT molecular complexity index is 657. The summed E-state index contributed by atoms with van der Waals surface area (Å²) in [7, 11) is 1.67. The Labute approximate surface area is 133 Å². The highest BCUT2D eigenvalue weighted by Gasteiger charge is 2.12. The first-order valence-electron chi connectivity index (χ1n) is 7.61. The van der Waals surface area contributed by atoms with E-state index in [2.05, 4.69) is 45.5 Å². The Balaban J connectivity index is 2.38. The average Bonchev–Trinajstić information content (AvgIpc) is 2.48. The SMILES string of the molecule is C=CCc1ccc(Oc2cc(C)ccc2C(C)C)c(OC)c1. The van der Waals surface area contributed by atoms with Crippen molar-refractivity contribution >= 4 is 0 Å². The molecule has 0 saturated heterocycles. The predicted octanol–water partition coefficient (Wildman–Crippen LogP) is 5.65. The fourth-order valence-corrected chi connectivity index (χ4v) is 2.42. The van der Waals surface area contributed by atoms with Gasteiger partial charge >= 0.3 is 0 Å². The number of aryl methyl sites for hydroxylation is 1. The molecular weight excluding hydrogens is 272 g/mol. The van der Waals surface area contributed by atoms with Crippen molar-refractivity contribution in [2.24, 2.45) is 0 Å². The molecule has 0 amide bonds. The smallest absolute Gasteiger partial charge is 0.169 e. The topological polar surface area (TPSA) is 18.5 Å². The zero-order valence-corrected chi connectivity index (χ0v) is 13.8. The van der Waals surface area contributed by atoms with Crippen LogP contribution in [0.1, 0.15) is 36.5 Å². The summed E-state index contributed by atoms with van der Waals surface area (Å²) in [5, 5.41) is 0. The molecular formula is C20H24O2. The van der Waals surface area contributed by atoms with E-state index in [1.165, 1.54) is 11.1 Å². The van der Waals surface area contributed by atoms with Crippen LogP contribution in [0.25, 0.3) is 0 Å². The minimum absolute atomic E-state index is 0.404. The van der Waals surface area contributed by atoms with Crippen molar-refractivity contribution in [3.05, 3.63) is 65.7 Å². The lowest BCUT2D eigenvalue weighted by Gasteiger charge is -2.16. The normalized spacial score (nSPS) is 10.6. The minimum atomic E-state index is 0.404. The Morgan fingerprint density at radius 2 is 1.82 bits per heavy atom. The third kappa shape index (κ3) is 3.70. The Morgan fingerprint density at radius 3 is 2.45 bits per heavy atom. The van der Waals surface area contributed by atoms with Gasteiger partial charge in [-0.05, 0) is 54.2 Å². The third-order valence-electron chi connectivity index (χ3n) is 3.62. The van der Waals surface area contributed by atoms with Crippen LogP contribution in [-0.2, 0) is 6.42 Å². The number of rotatable bonds is 6. The van der Waals surface area contributed by atoms with Crippen molar-refractivity contribution in [3.63, 3.8) is 0 Å². The molecule has 0 heterocycles. The summed E-state index contributed by atoms with van der Waals surface area (Å²) >= 11 is 0. The molecule has 0 N–H and O–H groups in total. The molecule has 22 heavy (non-hydrogen) atoms. The van der Waals surface area contributed by atoms with Gasteiger partial charge in [0.2, 0.25) is 0 Å². The Kier molecular flexibility index (Phi) is 5.26. The highest BCUT2D eigenvalue weighted by molar-refractivity contribution is 5.48. The molecule has 116 valence electrons. The van der Waals surface area contributed by atoms with Gasteiger partial charge in [-0.25, -0.2) is 0 Å². The van der Waals surface area contributed by atoms with Gasteiger partial charge in [0, 0.05) is 0 Å². The van der Waals surface area contributed by atoms with E-state index in [9.17, 15) is 0 Å². The maximum absolute atomic E-state index is 6.16. The van der Waals surface area contributed by atoms with E-state index in [-0.39, 0.29) is 0 Å². The lowest BCUT2D eigenvalue weighted by Crippen LogP contribution is -1.97. The Hall–Kier alpha value is -2.22. The maximum Gasteiger partial charge on any atom is 0.169 e. The van der Waals surface area contributed by atoms with Gasteiger partial charge in [0.1, 0.15) is 5.75 Å². The zero-order chi connectivity index (χ0) is 16.1. The van der Waals surface area contributed by atoms with Crippen LogP contribution in [0.2, 0.25) is 0 Å². The second kappa shape index (κ2) is 7.17. The molecule has 0 saturated carbocycles. The largest absolute Gasteiger partial charge is 0.493 e. The van der Waals surface area contributed by atoms with Crippen LogP contribution in [0, 0.1) is 6.92 Å². The second-order valence-electron chi connectivity index (χ2n) is 5.78. The molecule has 0 atom stereocenters. The average molecular weight is 296 g/mol. The predicted molar refractivity (Wildman–Crippen MR) is 92.2 cm³/mol. The zero-order valence-electron chi connectivity index (χ0n) is 13.8. The molecule has 0 bridgehead atoms. The van der Waals surface area contributed by atoms with Crippen LogP contribution >= 0.6 is 0 Å². The molecule has 0 unspecified atom stereocenters. The highest BCUT2D eigenvalue weighted by Crippen LogP contribution is 2.36. The molecule has 2 aromatic rings. The first kappa shape index (κ1) is 16.2. The molecule has 0 aliphatic heterocycles. The summed E-state index contributed by atoms with van der Waals surface area (Å²) in [6.07, 6.45) is 2.70. The van der Waals surface area contributed by atoms with Crippen LogP contribution in [0.3, 0.4) is 0 Å². The first-order chi connectivity index (χ1) is 10.5. The summed E-state index contributed by atoms with van der Waals surface area (Å²) < 4.78 is 11.6. The van der Waals surface area contributed by atoms with Gasteiger partial charge in [-0.2, -0.15) is 0 Å². The Morgan fingerprint density at radius 1 is 1.05 bits per heavy atom. The number of allylic oxidation sites excluding steroid dienone is 1. The van der Waals surface area contributed by atoms with E-state index in [1.54, 1.807) is 7.11 Å². The van der Waals surface area contributed by atoms with Crippen LogP contribution in [-0.4, -0.2) is 7.11 Å². The number of hydrogen-bond donors (Lipinski definition) is 0. The molecule has 2 aromatic carbocycles. The summed E-state index contributed by atoms with van der Waals surface area (Å²) in [6, 6.07) is 12.3. The van der Waals surface area contributed by atoms with Crippen molar-refractivity contribution in [1.82, 2.24) is 0 Å². The number of methoxy groups -OCH3 is 1. The number of hydrogen-bond acceptors (Lipinski definition) is 2. The van der Waals surface area contributed by atoms with E-state index in [1.807, 2.05) is 24.3 Å². The molecule has 2 heteroatoms. The van der Waals surface area contributed by atoms with E-state index >= 15 is 0 Å². The fraction of sp³-hybridized carbons (Fsp3) is 0.300. The second-order valence-corrected chi connectivity index (χ2v) is 5.78. The monoisotopic (exact) mass is 296 g/mol. The lowest BCUT2D eigenvalue weighted by molar-refractivity contribution is 0.376. The van der Waals surface area contributed by atoms with E-state index in [0.717, 1.165) is 29.2 Å². The molecule has 2 rings (SSSR count). The van der Waals surface area contributed by atoms with Gasteiger partial charge in [-0.1, -0.05) is 38.1 Å². The standard InChI is InChI=1S/C20H24O2/c1-6-7-16-9-11-18(20(13-16)21-5)22-19-12-15(4)8-10-17(19)14(2)3/h6,8-14H,1,7H2,2-5H3. The molecule has 0 aromatic heterocycles. The molecule has 0 fully saturated rings. The van der Waals surface area contributed by atoms with E-state index in [4.69, 9.17) is 9.47 Å². The van der Waals surface area contributed by atoms with Gasteiger partial charge < -0.3 is 9.47 Å².